The number of pyridine rings is 1. The number of fused-ring (bicyclic) bond motifs is 5. The molecule has 270 valence electrons. The van der Waals surface area contributed by atoms with Gasteiger partial charge >= 0.3 is 0 Å². The molecule has 14 heteroatoms. The Hall–Kier alpha value is -4.69. The Morgan fingerprint density at radius 3 is 2.43 bits per heavy atom. The summed E-state index contributed by atoms with van der Waals surface area (Å²) in [7, 11) is -2.24. The number of nitrogens with zero attached hydrogens (tertiary/aromatic N) is 3. The van der Waals surface area contributed by atoms with Crippen LogP contribution >= 0.6 is 0 Å². The standard InChI is InChI=1S/C37H41F3N4O6Si/c1-22-16-37(50-42-22)13-12-25(21-49-51(5,6)36(2,3)4)43-19-30(37)44-18-27(34(46)41-17-26-28(39)14-24(38)15-29(26)40)32(45)33(31(44)35(43)47)48-20-23-10-8-7-9-11-23/h7-15,18,25,30H,16-17,19-21H2,1-6H3,(H,41,46)/t25-,30-,37+/m1/s1. The fourth-order valence-corrected chi connectivity index (χ4v) is 7.32. The summed E-state index contributed by atoms with van der Waals surface area (Å²) in [6.45, 7) is 12.0. The summed E-state index contributed by atoms with van der Waals surface area (Å²) in [6, 6.07) is 8.79. The molecule has 3 aliphatic heterocycles. The van der Waals surface area contributed by atoms with Gasteiger partial charge in [-0.3, -0.25) is 14.4 Å². The molecule has 6 rings (SSSR count). The van der Waals surface area contributed by atoms with Gasteiger partial charge in [0, 0.05) is 43.4 Å². The normalized spacial score (nSPS) is 21.2. The number of amides is 2. The lowest BCUT2D eigenvalue weighted by Crippen LogP contribution is -2.55. The molecule has 3 atom stereocenters. The molecule has 2 bridgehead atoms. The highest BCUT2D eigenvalue weighted by molar-refractivity contribution is 6.74. The van der Waals surface area contributed by atoms with E-state index < -0.39 is 78.4 Å². The summed E-state index contributed by atoms with van der Waals surface area (Å²) in [6.07, 6.45) is 5.39. The average Bonchev–Trinajstić information content (AvgIpc) is 3.38. The molecule has 0 saturated heterocycles. The van der Waals surface area contributed by atoms with Crippen LogP contribution in [0.2, 0.25) is 18.1 Å². The largest absolute Gasteiger partial charge is 0.483 e. The lowest BCUT2D eigenvalue weighted by atomic mass is 9.87. The van der Waals surface area contributed by atoms with Gasteiger partial charge in [-0.1, -0.05) is 62.3 Å². The van der Waals surface area contributed by atoms with E-state index in [9.17, 15) is 27.6 Å². The predicted octanol–water partition coefficient (Wildman–Crippen LogP) is 6.27. The van der Waals surface area contributed by atoms with Crippen molar-refractivity contribution in [1.82, 2.24) is 14.8 Å². The Labute approximate surface area is 295 Å². The third-order valence-electron chi connectivity index (χ3n) is 10.3. The van der Waals surface area contributed by atoms with E-state index in [1.54, 1.807) is 29.2 Å². The summed E-state index contributed by atoms with van der Waals surface area (Å²) in [5, 5.41) is 6.54. The maximum absolute atomic E-state index is 14.6. The lowest BCUT2D eigenvalue weighted by Gasteiger charge is -2.43. The first-order valence-corrected chi connectivity index (χ1v) is 19.7. The zero-order valence-corrected chi connectivity index (χ0v) is 30.4. The van der Waals surface area contributed by atoms with Crippen LogP contribution in [0.25, 0.3) is 0 Å². The van der Waals surface area contributed by atoms with Gasteiger partial charge in [-0.05, 0) is 36.7 Å². The second-order valence-corrected chi connectivity index (χ2v) is 19.6. The maximum Gasteiger partial charge on any atom is 0.275 e. The van der Waals surface area contributed by atoms with Crippen LogP contribution in [0, 0.1) is 17.5 Å². The molecular weight excluding hydrogens is 682 g/mol. The van der Waals surface area contributed by atoms with Crippen molar-refractivity contribution in [2.45, 2.75) is 83.1 Å². The van der Waals surface area contributed by atoms with Crippen LogP contribution in [0.5, 0.6) is 5.75 Å². The fourth-order valence-electron chi connectivity index (χ4n) is 6.30. The minimum absolute atomic E-state index is 0.0760. The summed E-state index contributed by atoms with van der Waals surface area (Å²) in [4.78, 5) is 50.2. The number of nitrogens with one attached hydrogen (secondary N) is 1. The molecule has 51 heavy (non-hydrogen) atoms. The molecule has 2 amide bonds. The average molecular weight is 723 g/mol. The molecule has 1 N–H and O–H groups in total. The van der Waals surface area contributed by atoms with Crippen molar-refractivity contribution < 1.29 is 36.8 Å². The molecule has 0 saturated carbocycles. The van der Waals surface area contributed by atoms with Crippen LogP contribution in [0.4, 0.5) is 13.2 Å². The van der Waals surface area contributed by atoms with Crippen molar-refractivity contribution in [3.05, 3.63) is 111 Å². The second kappa shape index (κ2) is 13.5. The van der Waals surface area contributed by atoms with Crippen LogP contribution < -0.4 is 15.5 Å². The topological polar surface area (TPSA) is 111 Å². The van der Waals surface area contributed by atoms with E-state index in [0.29, 0.717) is 29.8 Å². The molecular formula is C37H41F3N4O6Si. The minimum atomic E-state index is -2.24. The molecule has 0 aliphatic carbocycles. The van der Waals surface area contributed by atoms with Crippen molar-refractivity contribution in [2.24, 2.45) is 5.16 Å². The third-order valence-corrected chi connectivity index (χ3v) is 14.8. The van der Waals surface area contributed by atoms with E-state index in [1.165, 1.54) is 10.8 Å². The van der Waals surface area contributed by atoms with Gasteiger partial charge in [0.05, 0.1) is 24.4 Å². The van der Waals surface area contributed by atoms with Crippen LogP contribution in [-0.2, 0) is 22.4 Å². The van der Waals surface area contributed by atoms with Gasteiger partial charge in [0.15, 0.2) is 25.4 Å². The highest BCUT2D eigenvalue weighted by Crippen LogP contribution is 2.44. The molecule has 2 aromatic carbocycles. The summed E-state index contributed by atoms with van der Waals surface area (Å²) < 4.78 is 56.6. The van der Waals surface area contributed by atoms with E-state index in [4.69, 9.17) is 14.0 Å². The molecule has 4 heterocycles. The van der Waals surface area contributed by atoms with Crippen molar-refractivity contribution >= 4 is 25.8 Å². The van der Waals surface area contributed by atoms with E-state index >= 15 is 0 Å². The molecule has 0 radical (unpaired) electrons. The SMILES string of the molecule is CC1=NO[C@@]2(C=C[C@H](CO[Si](C)(C)C(C)(C)C)N3C[C@H]2n2cc(C(=O)NCc4c(F)cc(F)cc4F)c(=O)c(OCc4ccccc4)c2C3=O)C1. The number of carbonyl (C=O) groups excluding carboxylic acids is 2. The van der Waals surface area contributed by atoms with E-state index in [2.05, 4.69) is 44.3 Å². The molecule has 3 aromatic rings. The minimum Gasteiger partial charge on any atom is -0.483 e. The first-order chi connectivity index (χ1) is 24.0. The van der Waals surface area contributed by atoms with Gasteiger partial charge < -0.3 is 28.8 Å². The third kappa shape index (κ3) is 6.86. The zero-order chi connectivity index (χ0) is 36.9. The summed E-state index contributed by atoms with van der Waals surface area (Å²) in [5.41, 5.74) is -1.66. The Morgan fingerprint density at radius 2 is 1.80 bits per heavy atom. The maximum atomic E-state index is 14.6. The van der Waals surface area contributed by atoms with Crippen LogP contribution in [0.15, 0.2) is 70.8 Å². The fraction of sp³-hybridized carbons (Fsp3) is 0.405. The van der Waals surface area contributed by atoms with Gasteiger partial charge in [-0.15, -0.1) is 0 Å². The van der Waals surface area contributed by atoms with E-state index in [1.807, 2.05) is 25.1 Å². The summed E-state index contributed by atoms with van der Waals surface area (Å²) >= 11 is 0. The molecule has 10 nitrogen and oxygen atoms in total. The van der Waals surface area contributed by atoms with Crippen molar-refractivity contribution in [1.29, 1.82) is 0 Å². The summed E-state index contributed by atoms with van der Waals surface area (Å²) in [5.74, 6) is -5.34. The molecule has 3 aliphatic rings. The number of halogens is 3. The Kier molecular flexibility index (Phi) is 9.53. The van der Waals surface area contributed by atoms with Crippen molar-refractivity contribution in [3.63, 3.8) is 0 Å². The van der Waals surface area contributed by atoms with Gasteiger partial charge in [-0.25, -0.2) is 13.2 Å². The number of oxime groups is 1. The Morgan fingerprint density at radius 1 is 1.12 bits per heavy atom. The van der Waals surface area contributed by atoms with Crippen LogP contribution in [0.1, 0.15) is 72.1 Å². The van der Waals surface area contributed by atoms with Crippen molar-refractivity contribution in [2.75, 3.05) is 13.2 Å². The number of aromatic nitrogens is 1. The van der Waals surface area contributed by atoms with Gasteiger partial charge in [0.25, 0.3) is 11.8 Å². The highest BCUT2D eigenvalue weighted by Gasteiger charge is 2.53. The second-order valence-electron chi connectivity index (χ2n) is 14.8. The molecule has 0 unspecified atom stereocenters. The molecule has 0 fully saturated rings. The molecule has 1 spiro atoms. The monoisotopic (exact) mass is 722 g/mol. The van der Waals surface area contributed by atoms with E-state index in [0.717, 1.165) is 0 Å². The van der Waals surface area contributed by atoms with Crippen LogP contribution in [0.3, 0.4) is 0 Å². The van der Waals surface area contributed by atoms with Gasteiger partial charge in [-0.2, -0.15) is 0 Å². The zero-order valence-electron chi connectivity index (χ0n) is 29.4. The smallest absolute Gasteiger partial charge is 0.275 e. The number of hydrogen-bond donors (Lipinski definition) is 1. The first kappa shape index (κ1) is 36.1. The quantitative estimate of drug-likeness (QED) is 0.206. The number of rotatable bonds is 9. The van der Waals surface area contributed by atoms with Crippen LogP contribution in [-0.4, -0.2) is 60.1 Å². The molecule has 1 aromatic heterocycles. The van der Waals surface area contributed by atoms with E-state index in [-0.39, 0.29) is 36.2 Å². The number of hydrogen-bond acceptors (Lipinski definition) is 7. The number of ether oxygens (including phenoxy) is 1. The lowest BCUT2D eigenvalue weighted by molar-refractivity contribution is -0.0330. The van der Waals surface area contributed by atoms with Crippen molar-refractivity contribution in [3.8, 4) is 5.75 Å². The number of carbonyl (C=O) groups is 2. The van der Waals surface area contributed by atoms with Gasteiger partial charge in [0.2, 0.25) is 5.43 Å². The Balaban J connectivity index is 1.45. The number of benzene rings is 2. The van der Waals surface area contributed by atoms with Gasteiger partial charge in [0.1, 0.15) is 29.6 Å². The Bertz CT molecular complexity index is 1970. The predicted molar refractivity (Wildman–Crippen MR) is 187 cm³/mol. The highest BCUT2D eigenvalue weighted by atomic mass is 28.4. The first-order valence-electron chi connectivity index (χ1n) is 16.7.